The second kappa shape index (κ2) is 5.64. The molecule has 1 atom stereocenters. The van der Waals surface area contributed by atoms with Gasteiger partial charge in [-0.05, 0) is 12.8 Å². The van der Waals surface area contributed by atoms with Crippen molar-refractivity contribution >= 4 is 11.7 Å². The van der Waals surface area contributed by atoms with E-state index in [0.29, 0.717) is 0 Å². The average molecular weight is 222 g/mol. The number of nitriles is 1. The van der Waals surface area contributed by atoms with Crippen LogP contribution in [0, 0.1) is 23.2 Å². The van der Waals surface area contributed by atoms with E-state index in [2.05, 4.69) is 5.32 Å². The number of nitrogens with one attached hydrogen (secondary N) is 1. The van der Waals surface area contributed by atoms with Crippen LogP contribution in [0.1, 0.15) is 39.5 Å². The highest BCUT2D eigenvalue weighted by atomic mass is 16.2. The Balaban J connectivity index is 2.56. The zero-order chi connectivity index (χ0) is 12.1. The first kappa shape index (κ1) is 12.7. The van der Waals surface area contributed by atoms with Crippen LogP contribution in [0.3, 0.4) is 0 Å². The maximum atomic E-state index is 11.7. The number of nitrogens with zero attached hydrogens (tertiary/aromatic N) is 1. The van der Waals surface area contributed by atoms with E-state index >= 15 is 0 Å². The molecule has 0 aromatic heterocycles. The summed E-state index contributed by atoms with van der Waals surface area (Å²) in [5, 5.41) is 11.6. The summed E-state index contributed by atoms with van der Waals surface area (Å²) < 4.78 is 0. The van der Waals surface area contributed by atoms with Crippen molar-refractivity contribution < 1.29 is 9.59 Å². The van der Waals surface area contributed by atoms with E-state index in [1.807, 2.05) is 0 Å². The highest BCUT2D eigenvalue weighted by Crippen LogP contribution is 2.18. The van der Waals surface area contributed by atoms with Crippen molar-refractivity contribution in [1.29, 1.82) is 5.26 Å². The minimum absolute atomic E-state index is 0.156. The number of rotatable bonds is 4. The van der Waals surface area contributed by atoms with Gasteiger partial charge in [0.2, 0.25) is 5.91 Å². The van der Waals surface area contributed by atoms with E-state index in [9.17, 15) is 9.59 Å². The third-order valence-corrected chi connectivity index (χ3v) is 2.95. The first-order valence-corrected chi connectivity index (χ1v) is 5.80. The Morgan fingerprint density at radius 2 is 1.88 bits per heavy atom. The first-order chi connectivity index (χ1) is 7.56. The summed E-state index contributed by atoms with van der Waals surface area (Å²) in [7, 11) is 0. The SMILES string of the molecule is CC(C)C(=O)[C@H](C#N)C(=O)NC1CCCC1. The van der Waals surface area contributed by atoms with Crippen LogP contribution in [0.25, 0.3) is 0 Å². The zero-order valence-corrected chi connectivity index (χ0v) is 9.82. The van der Waals surface area contributed by atoms with Gasteiger partial charge in [-0.25, -0.2) is 0 Å². The van der Waals surface area contributed by atoms with Crippen LogP contribution in [-0.2, 0) is 9.59 Å². The van der Waals surface area contributed by atoms with E-state index in [1.165, 1.54) is 0 Å². The Labute approximate surface area is 96.0 Å². The van der Waals surface area contributed by atoms with Gasteiger partial charge in [0, 0.05) is 12.0 Å². The number of Topliss-reactive ketones (excluding diaryl/α,β-unsaturated/α-hetero) is 1. The van der Waals surface area contributed by atoms with Crippen molar-refractivity contribution in [1.82, 2.24) is 5.32 Å². The molecule has 4 heteroatoms. The lowest BCUT2D eigenvalue weighted by molar-refractivity contribution is -0.133. The molecule has 0 bridgehead atoms. The molecule has 1 aliphatic rings. The van der Waals surface area contributed by atoms with Crippen LogP contribution in [0.2, 0.25) is 0 Å². The monoisotopic (exact) mass is 222 g/mol. The number of amides is 1. The molecule has 0 heterocycles. The third-order valence-electron chi connectivity index (χ3n) is 2.95. The van der Waals surface area contributed by atoms with E-state index in [-0.39, 0.29) is 17.7 Å². The van der Waals surface area contributed by atoms with Crippen molar-refractivity contribution in [3.63, 3.8) is 0 Å². The summed E-state index contributed by atoms with van der Waals surface area (Å²) in [6.45, 7) is 3.41. The van der Waals surface area contributed by atoms with Crippen molar-refractivity contribution in [2.45, 2.75) is 45.6 Å². The van der Waals surface area contributed by atoms with Gasteiger partial charge in [-0.15, -0.1) is 0 Å². The first-order valence-electron chi connectivity index (χ1n) is 5.80. The average Bonchev–Trinajstić information content (AvgIpc) is 2.71. The summed E-state index contributed by atoms with van der Waals surface area (Å²) in [4.78, 5) is 23.3. The maximum Gasteiger partial charge on any atom is 0.245 e. The predicted octanol–water partition coefficient (Wildman–Crippen LogP) is 1.41. The molecule has 1 N–H and O–H groups in total. The molecule has 1 fully saturated rings. The third kappa shape index (κ3) is 3.06. The van der Waals surface area contributed by atoms with E-state index < -0.39 is 11.8 Å². The normalized spacial score (nSPS) is 18.1. The predicted molar refractivity (Wildman–Crippen MR) is 59.3 cm³/mol. The molecule has 0 aliphatic heterocycles. The minimum atomic E-state index is -1.14. The smallest absolute Gasteiger partial charge is 0.245 e. The Morgan fingerprint density at radius 1 is 1.31 bits per heavy atom. The van der Waals surface area contributed by atoms with Crippen molar-refractivity contribution in [2.75, 3.05) is 0 Å². The van der Waals surface area contributed by atoms with Gasteiger partial charge in [0.05, 0.1) is 6.07 Å². The second-order valence-corrected chi connectivity index (χ2v) is 4.61. The fraction of sp³-hybridized carbons (Fsp3) is 0.750. The van der Waals surface area contributed by atoms with Gasteiger partial charge in [-0.2, -0.15) is 5.26 Å². The van der Waals surface area contributed by atoms with Crippen molar-refractivity contribution in [3.05, 3.63) is 0 Å². The molecule has 0 saturated heterocycles. The molecule has 0 aromatic carbocycles. The summed E-state index contributed by atoms with van der Waals surface area (Å²) >= 11 is 0. The lowest BCUT2D eigenvalue weighted by Gasteiger charge is -2.15. The number of ketones is 1. The molecule has 0 unspecified atom stereocenters. The van der Waals surface area contributed by atoms with E-state index in [4.69, 9.17) is 5.26 Å². The number of hydrogen-bond donors (Lipinski definition) is 1. The van der Waals surface area contributed by atoms with Gasteiger partial charge in [0.25, 0.3) is 0 Å². The lowest BCUT2D eigenvalue weighted by atomic mass is 9.95. The van der Waals surface area contributed by atoms with Crippen LogP contribution in [0.4, 0.5) is 0 Å². The van der Waals surface area contributed by atoms with Gasteiger partial charge in [-0.1, -0.05) is 26.7 Å². The molecule has 4 nitrogen and oxygen atoms in total. The summed E-state index contributed by atoms with van der Waals surface area (Å²) in [5.41, 5.74) is 0. The largest absolute Gasteiger partial charge is 0.352 e. The highest BCUT2D eigenvalue weighted by Gasteiger charge is 2.30. The standard InChI is InChI=1S/C12H18N2O2/c1-8(2)11(15)10(7-13)12(16)14-9-5-3-4-6-9/h8-10H,3-6H2,1-2H3,(H,14,16)/t10-/m0/s1. The molecule has 1 rings (SSSR count). The van der Waals surface area contributed by atoms with Crippen molar-refractivity contribution in [2.24, 2.45) is 11.8 Å². The summed E-state index contributed by atoms with van der Waals surface area (Å²) in [6, 6.07) is 1.95. The molecule has 1 saturated carbocycles. The van der Waals surface area contributed by atoms with Crippen molar-refractivity contribution in [3.8, 4) is 6.07 Å². The molecule has 88 valence electrons. The zero-order valence-electron chi connectivity index (χ0n) is 9.82. The molecular formula is C12H18N2O2. The van der Waals surface area contributed by atoms with Crippen LogP contribution in [0.5, 0.6) is 0 Å². The molecule has 1 aliphatic carbocycles. The van der Waals surface area contributed by atoms with E-state index in [0.717, 1.165) is 25.7 Å². The summed E-state index contributed by atoms with van der Waals surface area (Å²) in [5.74, 6) is -2.13. The van der Waals surface area contributed by atoms with Crippen LogP contribution in [0.15, 0.2) is 0 Å². The Hall–Kier alpha value is -1.37. The minimum Gasteiger partial charge on any atom is -0.352 e. The molecule has 0 aromatic rings. The quantitative estimate of drug-likeness (QED) is 0.731. The van der Waals surface area contributed by atoms with Crippen LogP contribution >= 0.6 is 0 Å². The van der Waals surface area contributed by atoms with Crippen LogP contribution in [-0.4, -0.2) is 17.7 Å². The fourth-order valence-corrected chi connectivity index (χ4v) is 1.94. The number of carbonyl (C=O) groups excluding carboxylic acids is 2. The lowest BCUT2D eigenvalue weighted by Crippen LogP contribution is -2.40. The Morgan fingerprint density at radius 3 is 2.31 bits per heavy atom. The van der Waals surface area contributed by atoms with E-state index in [1.54, 1.807) is 19.9 Å². The Kier molecular flexibility index (Phi) is 4.48. The van der Waals surface area contributed by atoms with Gasteiger partial charge in [0.15, 0.2) is 11.7 Å². The number of hydrogen-bond acceptors (Lipinski definition) is 3. The maximum absolute atomic E-state index is 11.7. The van der Waals surface area contributed by atoms with Gasteiger partial charge in [-0.3, -0.25) is 9.59 Å². The molecule has 0 radical (unpaired) electrons. The topological polar surface area (TPSA) is 70.0 Å². The molecule has 16 heavy (non-hydrogen) atoms. The van der Waals surface area contributed by atoms with Gasteiger partial charge in [0.1, 0.15) is 0 Å². The molecule has 1 amide bonds. The summed E-state index contributed by atoms with van der Waals surface area (Å²) in [6.07, 6.45) is 4.14. The molecule has 0 spiro atoms. The van der Waals surface area contributed by atoms with Crippen LogP contribution < -0.4 is 5.32 Å². The van der Waals surface area contributed by atoms with Gasteiger partial charge < -0.3 is 5.32 Å². The second-order valence-electron chi connectivity index (χ2n) is 4.61. The highest BCUT2D eigenvalue weighted by molar-refractivity contribution is 6.04. The Bertz CT molecular complexity index is 311. The number of carbonyl (C=O) groups is 2. The molecular weight excluding hydrogens is 204 g/mol. The fourth-order valence-electron chi connectivity index (χ4n) is 1.94. The van der Waals surface area contributed by atoms with Gasteiger partial charge >= 0.3 is 0 Å².